The number of alkyl halides is 3. The molecule has 2 heterocycles. The molecule has 0 aliphatic carbocycles. The summed E-state index contributed by atoms with van der Waals surface area (Å²) in [6, 6.07) is 13.1. The van der Waals surface area contributed by atoms with Gasteiger partial charge in [-0.2, -0.15) is 13.2 Å². The Morgan fingerprint density at radius 2 is 1.78 bits per heavy atom. The van der Waals surface area contributed by atoms with Crippen LogP contribution >= 0.6 is 11.6 Å². The summed E-state index contributed by atoms with van der Waals surface area (Å²) in [5, 5.41) is 0.386. The third kappa shape index (κ3) is 4.65. The van der Waals surface area contributed by atoms with Crippen LogP contribution in [0.1, 0.15) is 22.3 Å². The minimum absolute atomic E-state index is 0.108. The van der Waals surface area contributed by atoms with Crippen LogP contribution in [0.2, 0.25) is 5.15 Å². The van der Waals surface area contributed by atoms with Crippen LogP contribution in [0.4, 0.5) is 13.2 Å². The molecule has 27 heavy (non-hydrogen) atoms. The van der Waals surface area contributed by atoms with Crippen LogP contribution in [-0.2, 0) is 12.8 Å². The number of halogens is 4. The maximum Gasteiger partial charge on any atom is 0.417 e. The highest BCUT2D eigenvalue weighted by Gasteiger charge is 2.30. The van der Waals surface area contributed by atoms with Gasteiger partial charge in [0.1, 0.15) is 11.8 Å². The molecular formula is C20H14ClF3N2O. The number of ether oxygens (including phenoxy) is 1. The molecule has 0 amide bonds. The van der Waals surface area contributed by atoms with Gasteiger partial charge in [0, 0.05) is 24.0 Å². The number of hydrogen-bond donors (Lipinski definition) is 0. The molecule has 3 rings (SSSR count). The predicted octanol–water partition coefficient (Wildman–Crippen LogP) is 5.79. The molecule has 0 unspecified atom stereocenters. The van der Waals surface area contributed by atoms with E-state index in [2.05, 4.69) is 16.5 Å². The van der Waals surface area contributed by atoms with E-state index in [1.165, 1.54) is 6.07 Å². The highest BCUT2D eigenvalue weighted by molar-refractivity contribution is 6.29. The van der Waals surface area contributed by atoms with Crippen molar-refractivity contribution in [3.63, 3.8) is 0 Å². The van der Waals surface area contributed by atoms with Crippen molar-refractivity contribution >= 4 is 17.2 Å². The van der Waals surface area contributed by atoms with Crippen LogP contribution < -0.4 is 4.74 Å². The lowest BCUT2D eigenvalue weighted by molar-refractivity contribution is -0.137. The first kappa shape index (κ1) is 18.9. The highest BCUT2D eigenvalue weighted by atomic mass is 35.5. The number of benzene rings is 1. The highest BCUT2D eigenvalue weighted by Crippen LogP contribution is 2.30. The number of nitrogens with zero attached hydrogens (tertiary/aromatic N) is 2. The fourth-order valence-corrected chi connectivity index (χ4v) is 2.55. The van der Waals surface area contributed by atoms with E-state index in [-0.39, 0.29) is 12.5 Å². The first-order chi connectivity index (χ1) is 12.8. The largest absolute Gasteiger partial charge is 0.473 e. The van der Waals surface area contributed by atoms with Gasteiger partial charge in [-0.05, 0) is 34.9 Å². The van der Waals surface area contributed by atoms with Crippen LogP contribution in [0.25, 0.3) is 5.57 Å². The second-order valence-electron chi connectivity index (χ2n) is 5.68. The molecular weight excluding hydrogens is 377 g/mol. The van der Waals surface area contributed by atoms with Gasteiger partial charge in [0.25, 0.3) is 0 Å². The van der Waals surface area contributed by atoms with Gasteiger partial charge >= 0.3 is 6.18 Å². The van der Waals surface area contributed by atoms with Crippen molar-refractivity contribution in [2.45, 2.75) is 12.8 Å². The van der Waals surface area contributed by atoms with Crippen molar-refractivity contribution < 1.29 is 17.9 Å². The Bertz CT molecular complexity index is 939. The molecule has 0 saturated heterocycles. The molecule has 0 spiro atoms. The quantitative estimate of drug-likeness (QED) is 0.517. The zero-order valence-electron chi connectivity index (χ0n) is 14.0. The first-order valence-corrected chi connectivity index (χ1v) is 8.27. The monoisotopic (exact) mass is 390 g/mol. The Kier molecular flexibility index (Phi) is 5.46. The average Bonchev–Trinajstić information content (AvgIpc) is 2.66. The third-order valence-corrected chi connectivity index (χ3v) is 4.08. The minimum atomic E-state index is -4.43. The van der Waals surface area contributed by atoms with Crippen LogP contribution in [0, 0.1) is 0 Å². The molecule has 138 valence electrons. The molecule has 3 nitrogen and oxygen atoms in total. The Balaban J connectivity index is 1.76. The van der Waals surface area contributed by atoms with Gasteiger partial charge in [0.05, 0.1) is 5.56 Å². The van der Waals surface area contributed by atoms with Crippen LogP contribution in [0.15, 0.2) is 67.5 Å². The molecule has 2 aromatic heterocycles. The summed E-state index contributed by atoms with van der Waals surface area (Å²) in [6.07, 6.45) is -2.05. The molecule has 0 aliphatic rings. The summed E-state index contributed by atoms with van der Waals surface area (Å²) in [5.41, 5.74) is 2.38. The zero-order valence-corrected chi connectivity index (χ0v) is 14.8. The maximum atomic E-state index is 12.6. The number of aromatic nitrogens is 2. The Morgan fingerprint density at radius 1 is 1.00 bits per heavy atom. The summed E-state index contributed by atoms with van der Waals surface area (Å²) >= 11 is 5.81. The molecule has 0 fully saturated rings. The second kappa shape index (κ2) is 7.80. The van der Waals surface area contributed by atoms with Gasteiger partial charge in [-0.3, -0.25) is 0 Å². The molecule has 0 aliphatic heterocycles. The molecule has 0 saturated carbocycles. The fraction of sp³-hybridized carbons (Fsp3) is 0.100. The van der Waals surface area contributed by atoms with E-state index in [9.17, 15) is 13.2 Å². The van der Waals surface area contributed by atoms with Gasteiger partial charge in [-0.25, -0.2) is 9.97 Å². The van der Waals surface area contributed by atoms with E-state index in [1.807, 2.05) is 30.3 Å². The van der Waals surface area contributed by atoms with Crippen LogP contribution in [-0.4, -0.2) is 9.97 Å². The Hall–Kier alpha value is -2.86. The zero-order chi connectivity index (χ0) is 19.4. The van der Waals surface area contributed by atoms with Crippen molar-refractivity contribution in [3.8, 4) is 5.88 Å². The van der Waals surface area contributed by atoms with Gasteiger partial charge in [-0.1, -0.05) is 42.4 Å². The minimum Gasteiger partial charge on any atom is -0.473 e. The molecule has 0 bridgehead atoms. The van der Waals surface area contributed by atoms with Gasteiger partial charge in [-0.15, -0.1) is 0 Å². The van der Waals surface area contributed by atoms with Crippen molar-refractivity contribution in [1.29, 1.82) is 0 Å². The number of rotatable bonds is 5. The van der Waals surface area contributed by atoms with Crippen LogP contribution in [0.3, 0.4) is 0 Å². The van der Waals surface area contributed by atoms with Crippen molar-refractivity contribution in [1.82, 2.24) is 9.97 Å². The molecule has 7 heteroatoms. The second-order valence-corrected chi connectivity index (χ2v) is 6.06. The summed E-state index contributed by atoms with van der Waals surface area (Å²) in [6.45, 7) is 4.23. The summed E-state index contributed by atoms with van der Waals surface area (Å²) in [4.78, 5) is 7.76. The Morgan fingerprint density at radius 3 is 2.41 bits per heavy atom. The molecule has 1 aromatic carbocycles. The number of pyridine rings is 2. The average molecular weight is 391 g/mol. The summed E-state index contributed by atoms with van der Waals surface area (Å²) in [5.74, 6) is 0.108. The summed E-state index contributed by atoms with van der Waals surface area (Å²) in [7, 11) is 0. The van der Waals surface area contributed by atoms with Crippen molar-refractivity contribution in [2.24, 2.45) is 0 Å². The van der Waals surface area contributed by atoms with Crippen molar-refractivity contribution in [3.05, 3.63) is 94.9 Å². The molecule has 0 atom stereocenters. The lowest BCUT2D eigenvalue weighted by Gasteiger charge is -2.13. The summed E-state index contributed by atoms with van der Waals surface area (Å²) < 4.78 is 43.3. The van der Waals surface area contributed by atoms with E-state index in [4.69, 9.17) is 16.3 Å². The maximum absolute atomic E-state index is 12.6. The topological polar surface area (TPSA) is 35.0 Å². The first-order valence-electron chi connectivity index (χ1n) is 7.90. The number of hydrogen-bond acceptors (Lipinski definition) is 3. The lowest BCUT2D eigenvalue weighted by Crippen LogP contribution is -2.06. The van der Waals surface area contributed by atoms with Gasteiger partial charge in [0.2, 0.25) is 5.88 Å². The van der Waals surface area contributed by atoms with E-state index >= 15 is 0 Å². The van der Waals surface area contributed by atoms with Crippen LogP contribution in [0.5, 0.6) is 5.88 Å². The molecule has 0 N–H and O–H groups in total. The molecule has 0 radical (unpaired) electrons. The van der Waals surface area contributed by atoms with Gasteiger partial charge in [0.15, 0.2) is 0 Å². The van der Waals surface area contributed by atoms with E-state index in [0.717, 1.165) is 34.5 Å². The van der Waals surface area contributed by atoms with Gasteiger partial charge < -0.3 is 4.74 Å². The Labute approximate surface area is 159 Å². The third-order valence-electron chi connectivity index (χ3n) is 3.86. The standard InChI is InChI=1S/C20H14ClF3N2O/c1-13(14-6-8-18(21)25-10-14)17-5-3-2-4-15(17)12-27-19-9-7-16(11-26-19)20(22,23)24/h2-11H,1,12H2. The van der Waals surface area contributed by atoms with E-state index < -0.39 is 11.7 Å². The smallest absolute Gasteiger partial charge is 0.417 e. The van der Waals surface area contributed by atoms with E-state index in [1.54, 1.807) is 12.3 Å². The molecule has 3 aromatic rings. The lowest BCUT2D eigenvalue weighted by atomic mass is 9.96. The fourth-order valence-electron chi connectivity index (χ4n) is 2.44. The van der Waals surface area contributed by atoms with E-state index in [0.29, 0.717) is 5.15 Å². The SMILES string of the molecule is C=C(c1ccc(Cl)nc1)c1ccccc1COc1ccc(C(F)(F)F)cn1. The predicted molar refractivity (Wildman–Crippen MR) is 97.4 cm³/mol. The van der Waals surface area contributed by atoms with Crippen molar-refractivity contribution in [2.75, 3.05) is 0 Å². The normalized spacial score (nSPS) is 11.3.